The van der Waals surface area contributed by atoms with E-state index >= 15 is 0 Å². The molecule has 0 aromatic heterocycles. The minimum atomic E-state index is -0.823. The molecule has 21 heavy (non-hydrogen) atoms. The van der Waals surface area contributed by atoms with Crippen LogP contribution in [0.15, 0.2) is 0 Å². The average molecular weight is 296 g/mol. The Morgan fingerprint density at radius 3 is 2.10 bits per heavy atom. The Hall–Kier alpha value is -1.23. The quantitative estimate of drug-likeness (QED) is 0.801. The minimum Gasteiger partial charge on any atom is -0.328 e. The van der Waals surface area contributed by atoms with E-state index in [2.05, 4.69) is 0 Å². The van der Waals surface area contributed by atoms with Crippen molar-refractivity contribution in [1.82, 2.24) is 4.90 Å². The van der Waals surface area contributed by atoms with Gasteiger partial charge in [-0.2, -0.15) is 0 Å². The van der Waals surface area contributed by atoms with Crippen LogP contribution in [-0.2, 0) is 14.4 Å². The summed E-state index contributed by atoms with van der Waals surface area (Å²) in [6.45, 7) is 11.6. The highest BCUT2D eigenvalue weighted by atomic mass is 16.2. The van der Waals surface area contributed by atoms with Gasteiger partial charge in [-0.05, 0) is 10.8 Å². The van der Waals surface area contributed by atoms with Gasteiger partial charge in [0.2, 0.25) is 11.8 Å². The summed E-state index contributed by atoms with van der Waals surface area (Å²) in [6.07, 6.45) is 0.466. The molecule has 0 saturated carbocycles. The lowest BCUT2D eigenvalue weighted by atomic mass is 9.80. The molecule has 1 unspecified atom stereocenters. The van der Waals surface area contributed by atoms with Gasteiger partial charge in [0.1, 0.15) is 6.04 Å². The van der Waals surface area contributed by atoms with Crippen LogP contribution in [0.1, 0.15) is 54.4 Å². The van der Waals surface area contributed by atoms with E-state index in [1.54, 1.807) is 0 Å². The van der Waals surface area contributed by atoms with Gasteiger partial charge in [0.05, 0.1) is 5.92 Å². The summed E-state index contributed by atoms with van der Waals surface area (Å²) in [6, 6.07) is -0.823. The molecule has 2 atom stereocenters. The molecule has 5 heteroatoms. The van der Waals surface area contributed by atoms with Crippen LogP contribution in [0.4, 0.5) is 0 Å². The summed E-state index contributed by atoms with van der Waals surface area (Å²) in [7, 11) is 0. The number of Topliss-reactive ketones (excluding diaryl/α,β-unsaturated/α-hetero) is 1. The highest BCUT2D eigenvalue weighted by molar-refractivity contribution is 6.07. The molecule has 0 aromatic rings. The molecule has 0 aromatic carbocycles. The first-order valence-corrected chi connectivity index (χ1v) is 7.47. The number of imide groups is 1. The van der Waals surface area contributed by atoms with Crippen molar-refractivity contribution in [3.63, 3.8) is 0 Å². The second-order valence-corrected chi connectivity index (χ2v) is 8.18. The van der Waals surface area contributed by atoms with Crippen LogP contribution < -0.4 is 5.73 Å². The van der Waals surface area contributed by atoms with Crippen molar-refractivity contribution in [1.29, 1.82) is 0 Å². The monoisotopic (exact) mass is 296 g/mol. The molecule has 1 fully saturated rings. The maximum atomic E-state index is 12.5. The highest BCUT2D eigenvalue weighted by Crippen LogP contribution is 2.36. The fourth-order valence-corrected chi connectivity index (χ4v) is 2.68. The van der Waals surface area contributed by atoms with Gasteiger partial charge in [0, 0.05) is 19.4 Å². The first kappa shape index (κ1) is 17.8. The van der Waals surface area contributed by atoms with Gasteiger partial charge in [-0.25, -0.2) is 0 Å². The highest BCUT2D eigenvalue weighted by Gasteiger charge is 2.48. The van der Waals surface area contributed by atoms with Crippen LogP contribution in [0, 0.1) is 16.7 Å². The maximum Gasteiger partial charge on any atom is 0.234 e. The predicted octanol–water partition coefficient (Wildman–Crippen LogP) is 1.74. The molecular formula is C16H28N2O3. The van der Waals surface area contributed by atoms with Crippen molar-refractivity contribution in [2.75, 3.05) is 6.54 Å². The minimum absolute atomic E-state index is 0.0107. The fraction of sp³-hybridized carbons (Fsp3) is 0.812. The Labute approximate surface area is 127 Å². The van der Waals surface area contributed by atoms with Crippen LogP contribution in [0.25, 0.3) is 0 Å². The van der Waals surface area contributed by atoms with E-state index in [4.69, 9.17) is 5.73 Å². The molecule has 0 spiro atoms. The molecular weight excluding hydrogens is 268 g/mol. The van der Waals surface area contributed by atoms with E-state index in [-0.39, 0.29) is 47.3 Å². The van der Waals surface area contributed by atoms with Crippen molar-refractivity contribution in [3.05, 3.63) is 0 Å². The van der Waals surface area contributed by atoms with Crippen molar-refractivity contribution in [3.8, 4) is 0 Å². The molecule has 5 nitrogen and oxygen atoms in total. The molecule has 1 aliphatic heterocycles. The molecule has 0 bridgehead atoms. The number of hydrogen-bond acceptors (Lipinski definition) is 4. The third-order valence-electron chi connectivity index (χ3n) is 3.84. The molecule has 2 N–H and O–H groups in total. The van der Waals surface area contributed by atoms with Crippen molar-refractivity contribution >= 4 is 17.6 Å². The van der Waals surface area contributed by atoms with Crippen LogP contribution in [0.5, 0.6) is 0 Å². The zero-order valence-corrected chi connectivity index (χ0v) is 14.0. The molecule has 0 aliphatic carbocycles. The normalized spacial score (nSPS) is 21.9. The summed E-state index contributed by atoms with van der Waals surface area (Å²) >= 11 is 0. The molecule has 1 heterocycles. The average Bonchev–Trinajstić information content (AvgIpc) is 2.55. The Balaban J connectivity index is 2.99. The van der Waals surface area contributed by atoms with E-state index in [1.807, 2.05) is 41.5 Å². The van der Waals surface area contributed by atoms with Crippen molar-refractivity contribution in [2.45, 2.75) is 60.4 Å². The van der Waals surface area contributed by atoms with Gasteiger partial charge < -0.3 is 5.73 Å². The van der Waals surface area contributed by atoms with Gasteiger partial charge >= 0.3 is 0 Å². The fourth-order valence-electron chi connectivity index (χ4n) is 2.68. The zero-order chi connectivity index (χ0) is 16.6. The van der Waals surface area contributed by atoms with Crippen LogP contribution in [-0.4, -0.2) is 35.1 Å². The van der Waals surface area contributed by atoms with Crippen LogP contribution in [0.3, 0.4) is 0 Å². The van der Waals surface area contributed by atoms with Crippen LogP contribution >= 0.6 is 0 Å². The number of ketones is 1. The summed E-state index contributed by atoms with van der Waals surface area (Å²) in [5, 5.41) is 0. The van der Waals surface area contributed by atoms with E-state index < -0.39 is 6.04 Å². The summed E-state index contributed by atoms with van der Waals surface area (Å²) in [4.78, 5) is 38.3. The predicted molar refractivity (Wildman–Crippen MR) is 81.3 cm³/mol. The standard InChI is InChI=1S/C16H28N2O3/c1-15(2,3)8-12(19)11(9-17)18-13(20)7-10(14(18)21)16(4,5)6/h10-11H,7-9,17H2,1-6H3/t10?,11-/m0/s1. The maximum absolute atomic E-state index is 12.5. The Kier molecular flexibility index (Phi) is 4.98. The smallest absolute Gasteiger partial charge is 0.234 e. The van der Waals surface area contributed by atoms with Gasteiger partial charge in [0.25, 0.3) is 0 Å². The molecule has 1 saturated heterocycles. The van der Waals surface area contributed by atoms with Gasteiger partial charge in [0.15, 0.2) is 5.78 Å². The van der Waals surface area contributed by atoms with Crippen LogP contribution in [0.2, 0.25) is 0 Å². The number of nitrogens with zero attached hydrogens (tertiary/aromatic N) is 1. The number of carbonyl (C=O) groups excluding carboxylic acids is 3. The molecule has 0 radical (unpaired) electrons. The first-order chi connectivity index (χ1) is 9.38. The molecule has 1 rings (SSSR count). The molecule has 120 valence electrons. The number of nitrogens with two attached hydrogens (primary N) is 1. The Morgan fingerprint density at radius 1 is 1.24 bits per heavy atom. The number of likely N-dealkylation sites (tertiary alicyclic amines) is 1. The van der Waals surface area contributed by atoms with Crippen molar-refractivity contribution in [2.24, 2.45) is 22.5 Å². The summed E-state index contributed by atoms with van der Waals surface area (Å²) in [5.41, 5.74) is 5.19. The van der Waals surface area contributed by atoms with Gasteiger partial charge in [-0.1, -0.05) is 41.5 Å². The number of rotatable bonds is 4. The van der Waals surface area contributed by atoms with Crippen molar-refractivity contribution < 1.29 is 14.4 Å². The van der Waals surface area contributed by atoms with E-state index in [9.17, 15) is 14.4 Å². The molecule has 1 aliphatic rings. The lowest BCUT2D eigenvalue weighted by Crippen LogP contribution is -2.50. The SMILES string of the molecule is CC(C)(C)CC(=O)[C@H](CN)N1C(=O)CC(C(C)(C)C)C1=O. The second kappa shape index (κ2) is 5.87. The van der Waals surface area contributed by atoms with E-state index in [0.717, 1.165) is 4.90 Å². The number of hydrogen-bond donors (Lipinski definition) is 1. The lowest BCUT2D eigenvalue weighted by Gasteiger charge is -2.29. The topological polar surface area (TPSA) is 80.5 Å². The lowest BCUT2D eigenvalue weighted by molar-refractivity contribution is -0.147. The Morgan fingerprint density at radius 2 is 1.76 bits per heavy atom. The largest absolute Gasteiger partial charge is 0.328 e. The van der Waals surface area contributed by atoms with E-state index in [0.29, 0.717) is 6.42 Å². The molecule has 2 amide bonds. The summed E-state index contributed by atoms with van der Waals surface area (Å²) in [5.74, 6) is -1.05. The number of carbonyl (C=O) groups is 3. The van der Waals surface area contributed by atoms with E-state index in [1.165, 1.54) is 0 Å². The Bertz CT molecular complexity index is 443. The second-order valence-electron chi connectivity index (χ2n) is 8.18. The zero-order valence-electron chi connectivity index (χ0n) is 14.0. The third kappa shape index (κ3) is 4.13. The first-order valence-electron chi connectivity index (χ1n) is 7.47. The van der Waals surface area contributed by atoms with Gasteiger partial charge in [-0.3, -0.25) is 19.3 Å². The third-order valence-corrected chi connectivity index (χ3v) is 3.84. The number of amides is 2. The summed E-state index contributed by atoms with van der Waals surface area (Å²) < 4.78 is 0. The van der Waals surface area contributed by atoms with Gasteiger partial charge in [-0.15, -0.1) is 0 Å².